The lowest BCUT2D eigenvalue weighted by Crippen LogP contribution is -2.33. The molecule has 8 heteroatoms. The van der Waals surface area contributed by atoms with Crippen molar-refractivity contribution in [2.75, 3.05) is 6.54 Å². The van der Waals surface area contributed by atoms with Gasteiger partial charge in [-0.3, -0.25) is 9.59 Å². The maximum absolute atomic E-state index is 12.7. The van der Waals surface area contributed by atoms with Crippen molar-refractivity contribution in [3.05, 3.63) is 39.4 Å². The summed E-state index contributed by atoms with van der Waals surface area (Å²) in [6.45, 7) is 2.80. The van der Waals surface area contributed by atoms with Gasteiger partial charge in [-0.15, -0.1) is 12.3 Å². The molecule has 146 valence electrons. The molecule has 0 saturated carbocycles. The highest BCUT2D eigenvalue weighted by Crippen LogP contribution is 2.37. The second-order valence-electron chi connectivity index (χ2n) is 6.88. The number of fused-ring (bicyclic) bond motifs is 1. The van der Waals surface area contributed by atoms with Crippen LogP contribution in [0.2, 0.25) is 5.02 Å². The van der Waals surface area contributed by atoms with E-state index in [2.05, 4.69) is 26.1 Å². The van der Waals surface area contributed by atoms with Gasteiger partial charge in [0.25, 0.3) is 5.56 Å². The van der Waals surface area contributed by atoms with Gasteiger partial charge in [0.05, 0.1) is 17.4 Å². The van der Waals surface area contributed by atoms with Crippen LogP contribution >= 0.6 is 11.6 Å². The Labute approximate surface area is 168 Å². The molecule has 1 aliphatic rings. The summed E-state index contributed by atoms with van der Waals surface area (Å²) in [4.78, 5) is 34.0. The highest BCUT2D eigenvalue weighted by molar-refractivity contribution is 6.31. The van der Waals surface area contributed by atoms with Crippen molar-refractivity contribution in [2.24, 2.45) is 10.2 Å². The molecule has 2 aromatic rings. The Morgan fingerprint density at radius 1 is 1.36 bits per heavy atom. The number of aromatic amines is 1. The Hall–Kier alpha value is -2.72. The van der Waals surface area contributed by atoms with Gasteiger partial charge in [0.15, 0.2) is 5.66 Å². The second-order valence-corrected chi connectivity index (χ2v) is 7.31. The lowest BCUT2D eigenvalue weighted by Gasteiger charge is -2.22. The van der Waals surface area contributed by atoms with Gasteiger partial charge in [-0.05, 0) is 24.6 Å². The quantitative estimate of drug-likeness (QED) is 0.652. The molecular formula is C20H22ClN5O2. The molecule has 3 rings (SSSR count). The predicted octanol–water partition coefficient (Wildman–Crippen LogP) is 3.67. The second kappa shape index (κ2) is 8.53. The zero-order chi connectivity index (χ0) is 20.1. The fourth-order valence-electron chi connectivity index (χ4n) is 3.11. The molecule has 1 aromatic heterocycles. The Kier molecular flexibility index (Phi) is 6.10. The Morgan fingerprint density at radius 2 is 2.14 bits per heavy atom. The molecule has 0 saturated heterocycles. The first-order valence-electron chi connectivity index (χ1n) is 9.30. The minimum absolute atomic E-state index is 0.0203. The number of nitrogens with zero attached hydrogens (tertiary/aromatic N) is 4. The van der Waals surface area contributed by atoms with Crippen molar-refractivity contribution in [3.63, 3.8) is 0 Å². The molecule has 1 amide bonds. The minimum atomic E-state index is -0.480. The van der Waals surface area contributed by atoms with Crippen LogP contribution in [0.15, 0.2) is 33.2 Å². The molecule has 2 heterocycles. The van der Waals surface area contributed by atoms with Crippen LogP contribution in [0, 0.1) is 12.3 Å². The van der Waals surface area contributed by atoms with Crippen LogP contribution in [0.4, 0.5) is 0 Å². The summed E-state index contributed by atoms with van der Waals surface area (Å²) in [5.74, 6) is 3.00. The average molecular weight is 400 g/mol. The zero-order valence-corrected chi connectivity index (χ0v) is 16.5. The van der Waals surface area contributed by atoms with Crippen LogP contribution in [0.3, 0.4) is 0 Å². The van der Waals surface area contributed by atoms with Crippen molar-refractivity contribution >= 4 is 28.4 Å². The monoisotopic (exact) mass is 399 g/mol. The summed E-state index contributed by atoms with van der Waals surface area (Å²) >= 11 is 6.01. The van der Waals surface area contributed by atoms with Crippen molar-refractivity contribution in [1.82, 2.24) is 14.9 Å². The van der Waals surface area contributed by atoms with E-state index in [0.717, 1.165) is 6.42 Å². The van der Waals surface area contributed by atoms with Crippen LogP contribution in [-0.2, 0) is 11.3 Å². The highest BCUT2D eigenvalue weighted by Gasteiger charge is 2.39. The highest BCUT2D eigenvalue weighted by atomic mass is 35.5. The van der Waals surface area contributed by atoms with E-state index in [0.29, 0.717) is 54.0 Å². The summed E-state index contributed by atoms with van der Waals surface area (Å²) in [5, 5.41) is 9.12. The number of amides is 1. The third-order valence-electron chi connectivity index (χ3n) is 4.70. The number of aromatic nitrogens is 2. The maximum atomic E-state index is 12.7. The van der Waals surface area contributed by atoms with Crippen LogP contribution in [0.25, 0.3) is 10.9 Å². The van der Waals surface area contributed by atoms with E-state index >= 15 is 0 Å². The molecule has 0 bridgehead atoms. The van der Waals surface area contributed by atoms with E-state index in [4.69, 9.17) is 18.0 Å². The van der Waals surface area contributed by atoms with E-state index in [9.17, 15) is 9.59 Å². The van der Waals surface area contributed by atoms with Crippen molar-refractivity contribution in [1.29, 1.82) is 0 Å². The first-order chi connectivity index (χ1) is 13.5. The van der Waals surface area contributed by atoms with Gasteiger partial charge in [0.2, 0.25) is 5.91 Å². The molecule has 1 aliphatic heterocycles. The molecule has 7 nitrogen and oxygen atoms in total. The number of rotatable bonds is 9. The number of hydrogen-bond acceptors (Lipinski definition) is 5. The summed E-state index contributed by atoms with van der Waals surface area (Å²) in [6, 6.07) is 4.94. The number of carbonyl (C=O) groups is 1. The third-order valence-corrected chi connectivity index (χ3v) is 4.93. The van der Waals surface area contributed by atoms with Gasteiger partial charge in [-0.25, -0.2) is 4.98 Å². The number of halogens is 1. The lowest BCUT2D eigenvalue weighted by molar-refractivity contribution is -0.132. The van der Waals surface area contributed by atoms with Gasteiger partial charge in [-0.2, -0.15) is 10.2 Å². The Bertz CT molecular complexity index is 1000. The van der Waals surface area contributed by atoms with Crippen LogP contribution in [0.5, 0.6) is 0 Å². The van der Waals surface area contributed by atoms with Gasteiger partial charge in [0, 0.05) is 37.3 Å². The number of hydrogen-bond donors (Lipinski definition) is 1. The number of nitrogens with one attached hydrogen (secondary N) is 1. The standard InChI is InChI=1S/C20H22ClN5O2/c1-3-5-9-20(24-25-20)10-8-18(27)26(11-4-2)13-17-22-16-12-14(21)6-7-15(16)19(28)23-17/h1,6-7,12H,4-5,8-11,13H2,2H3,(H,22,23,28). The molecule has 1 N–H and O–H groups in total. The Morgan fingerprint density at radius 3 is 2.82 bits per heavy atom. The number of H-pyrrole nitrogens is 1. The SMILES string of the molecule is C#CCCC1(CCC(=O)N(CCC)Cc2nc3cc(Cl)ccc3c(=O)[nH]2)N=N1. The maximum Gasteiger partial charge on any atom is 0.258 e. The van der Waals surface area contributed by atoms with Gasteiger partial charge < -0.3 is 9.88 Å². The first kappa shape index (κ1) is 20.0. The van der Waals surface area contributed by atoms with Gasteiger partial charge in [0.1, 0.15) is 5.82 Å². The van der Waals surface area contributed by atoms with Crippen molar-refractivity contribution < 1.29 is 4.79 Å². The van der Waals surface area contributed by atoms with Gasteiger partial charge in [-0.1, -0.05) is 18.5 Å². The summed E-state index contributed by atoms with van der Waals surface area (Å²) < 4.78 is 0. The first-order valence-corrected chi connectivity index (χ1v) is 9.68. The predicted molar refractivity (Wildman–Crippen MR) is 108 cm³/mol. The van der Waals surface area contributed by atoms with Crippen molar-refractivity contribution in [3.8, 4) is 12.3 Å². The molecule has 28 heavy (non-hydrogen) atoms. The zero-order valence-electron chi connectivity index (χ0n) is 15.7. The van der Waals surface area contributed by atoms with Gasteiger partial charge >= 0.3 is 0 Å². The third kappa shape index (κ3) is 4.76. The van der Waals surface area contributed by atoms with Crippen molar-refractivity contribution in [2.45, 2.75) is 51.2 Å². The molecule has 1 aromatic carbocycles. The molecule has 0 spiro atoms. The van der Waals surface area contributed by atoms with Crippen LogP contribution in [-0.4, -0.2) is 33.0 Å². The molecular weight excluding hydrogens is 378 g/mol. The summed E-state index contributed by atoms with van der Waals surface area (Å²) in [6.07, 6.45) is 8.23. The molecule has 0 aliphatic carbocycles. The number of benzene rings is 1. The minimum Gasteiger partial charge on any atom is -0.335 e. The smallest absolute Gasteiger partial charge is 0.258 e. The number of carbonyl (C=O) groups excluding carboxylic acids is 1. The van der Waals surface area contributed by atoms with E-state index in [1.165, 1.54) is 0 Å². The van der Waals surface area contributed by atoms with Crippen LogP contribution < -0.4 is 5.56 Å². The average Bonchev–Trinajstić information content (AvgIpc) is 3.44. The normalized spacial score (nSPS) is 14.0. The van der Waals surface area contributed by atoms with E-state index < -0.39 is 5.66 Å². The van der Waals surface area contributed by atoms with E-state index in [1.807, 2.05) is 6.92 Å². The Balaban J connectivity index is 1.70. The largest absolute Gasteiger partial charge is 0.335 e. The molecule has 0 radical (unpaired) electrons. The van der Waals surface area contributed by atoms with E-state index in [-0.39, 0.29) is 18.0 Å². The fourth-order valence-corrected chi connectivity index (χ4v) is 3.28. The lowest BCUT2D eigenvalue weighted by atomic mass is 10.0. The molecule has 0 fully saturated rings. The molecule has 0 atom stereocenters. The number of terminal acetylenes is 1. The van der Waals surface area contributed by atoms with Crippen LogP contribution in [0.1, 0.15) is 44.9 Å². The topological polar surface area (TPSA) is 90.8 Å². The molecule has 0 unspecified atom stereocenters. The van der Waals surface area contributed by atoms with E-state index in [1.54, 1.807) is 23.1 Å². The summed E-state index contributed by atoms with van der Waals surface area (Å²) in [7, 11) is 0. The fraction of sp³-hybridized carbons (Fsp3) is 0.450. The summed E-state index contributed by atoms with van der Waals surface area (Å²) in [5.41, 5.74) is -0.213.